The highest BCUT2D eigenvalue weighted by Gasteiger charge is 2.00. The first-order valence-corrected chi connectivity index (χ1v) is 4.15. The lowest BCUT2D eigenvalue weighted by Crippen LogP contribution is -2.11. The number of hydrogen-bond acceptors (Lipinski definition) is 2. The normalized spacial score (nSPS) is 12.9. The van der Waals surface area contributed by atoms with Crippen molar-refractivity contribution in [3.63, 3.8) is 0 Å². The minimum atomic E-state index is 0.119. The Morgan fingerprint density at radius 3 is 2.33 bits per heavy atom. The van der Waals surface area contributed by atoms with Gasteiger partial charge in [-0.2, -0.15) is 0 Å². The highest BCUT2D eigenvalue weighted by atomic mass is 16.3. The summed E-state index contributed by atoms with van der Waals surface area (Å²) in [6.07, 6.45) is 0. The Labute approximate surface area is 73.2 Å². The van der Waals surface area contributed by atoms with E-state index in [0.717, 1.165) is 5.56 Å². The fourth-order valence-corrected chi connectivity index (χ4v) is 1.08. The van der Waals surface area contributed by atoms with Gasteiger partial charge in [0.05, 0.1) is 6.61 Å². The monoisotopic (exact) mass is 165 g/mol. The molecule has 1 atom stereocenters. The number of aliphatic hydroxyl groups is 1. The third-order valence-corrected chi connectivity index (χ3v) is 2.10. The minimum absolute atomic E-state index is 0.119. The van der Waals surface area contributed by atoms with Gasteiger partial charge in [0.15, 0.2) is 0 Å². The Kier molecular flexibility index (Phi) is 3.26. The van der Waals surface area contributed by atoms with Crippen LogP contribution < -0.4 is 5.32 Å². The first-order valence-electron chi connectivity index (χ1n) is 4.15. The smallest absolute Gasteiger partial charge is 0.0681 e. The molecular weight excluding hydrogens is 150 g/mol. The first-order chi connectivity index (χ1) is 5.77. The summed E-state index contributed by atoms with van der Waals surface area (Å²) in [6, 6.07) is 8.34. The standard InChI is InChI=1S/C10H15NO/c1-8(11-2)10-5-3-9(7-12)4-6-10/h3-6,8,11-12H,7H2,1-2H3. The quantitative estimate of drug-likeness (QED) is 0.710. The van der Waals surface area contributed by atoms with Crippen molar-refractivity contribution in [1.29, 1.82) is 0 Å². The Morgan fingerprint density at radius 2 is 1.92 bits per heavy atom. The zero-order chi connectivity index (χ0) is 8.97. The highest BCUT2D eigenvalue weighted by Crippen LogP contribution is 2.12. The summed E-state index contributed by atoms with van der Waals surface area (Å²) in [5.74, 6) is 0. The zero-order valence-corrected chi connectivity index (χ0v) is 7.54. The SMILES string of the molecule is CNC(C)c1ccc(CO)cc1. The third-order valence-electron chi connectivity index (χ3n) is 2.10. The van der Waals surface area contributed by atoms with Crippen molar-refractivity contribution in [3.8, 4) is 0 Å². The molecule has 1 aromatic rings. The second-order valence-corrected chi connectivity index (χ2v) is 2.91. The number of benzene rings is 1. The molecule has 0 aliphatic heterocycles. The molecule has 0 aromatic heterocycles. The maximum absolute atomic E-state index is 8.81. The fraction of sp³-hybridized carbons (Fsp3) is 0.400. The van der Waals surface area contributed by atoms with Gasteiger partial charge in [-0.05, 0) is 25.1 Å². The van der Waals surface area contributed by atoms with Gasteiger partial charge in [-0.1, -0.05) is 24.3 Å². The molecule has 0 radical (unpaired) electrons. The summed E-state index contributed by atoms with van der Waals surface area (Å²) in [5, 5.41) is 12.0. The molecule has 1 unspecified atom stereocenters. The molecule has 2 nitrogen and oxygen atoms in total. The van der Waals surface area contributed by atoms with Crippen LogP contribution in [0, 0.1) is 0 Å². The van der Waals surface area contributed by atoms with Gasteiger partial charge in [0.2, 0.25) is 0 Å². The van der Waals surface area contributed by atoms with Crippen molar-refractivity contribution in [3.05, 3.63) is 35.4 Å². The molecule has 66 valence electrons. The van der Waals surface area contributed by atoms with Gasteiger partial charge in [0.25, 0.3) is 0 Å². The fourth-order valence-electron chi connectivity index (χ4n) is 1.08. The van der Waals surface area contributed by atoms with E-state index >= 15 is 0 Å². The van der Waals surface area contributed by atoms with Crippen LogP contribution in [0.3, 0.4) is 0 Å². The topological polar surface area (TPSA) is 32.3 Å². The predicted molar refractivity (Wildman–Crippen MR) is 49.8 cm³/mol. The summed E-state index contributed by atoms with van der Waals surface area (Å²) in [6.45, 7) is 2.22. The summed E-state index contributed by atoms with van der Waals surface area (Å²) in [7, 11) is 1.94. The number of rotatable bonds is 3. The first kappa shape index (κ1) is 9.23. The minimum Gasteiger partial charge on any atom is -0.392 e. The maximum atomic E-state index is 8.81. The third kappa shape index (κ3) is 2.06. The summed E-state index contributed by atoms with van der Waals surface area (Å²) >= 11 is 0. The predicted octanol–water partition coefficient (Wildman–Crippen LogP) is 1.46. The van der Waals surface area contributed by atoms with E-state index in [-0.39, 0.29) is 6.61 Å². The van der Waals surface area contributed by atoms with Crippen LogP contribution in [-0.4, -0.2) is 12.2 Å². The van der Waals surface area contributed by atoms with E-state index in [0.29, 0.717) is 6.04 Å². The van der Waals surface area contributed by atoms with Crippen molar-refractivity contribution in [1.82, 2.24) is 5.32 Å². The van der Waals surface area contributed by atoms with Gasteiger partial charge in [-0.15, -0.1) is 0 Å². The zero-order valence-electron chi connectivity index (χ0n) is 7.54. The molecule has 0 aliphatic carbocycles. The van der Waals surface area contributed by atoms with Crippen LogP contribution >= 0.6 is 0 Å². The Morgan fingerprint density at radius 1 is 1.33 bits per heavy atom. The van der Waals surface area contributed by atoms with Gasteiger partial charge < -0.3 is 10.4 Å². The van der Waals surface area contributed by atoms with E-state index in [1.54, 1.807) is 0 Å². The second kappa shape index (κ2) is 4.24. The molecule has 2 N–H and O–H groups in total. The molecule has 0 heterocycles. The van der Waals surface area contributed by atoms with E-state index in [9.17, 15) is 0 Å². The Hall–Kier alpha value is -0.860. The average Bonchev–Trinajstić information content (AvgIpc) is 2.17. The van der Waals surface area contributed by atoms with E-state index in [1.807, 2.05) is 31.3 Å². The molecule has 0 saturated heterocycles. The summed E-state index contributed by atoms with van der Waals surface area (Å²) in [5.41, 5.74) is 2.21. The van der Waals surface area contributed by atoms with E-state index in [2.05, 4.69) is 12.2 Å². The number of hydrogen-bond donors (Lipinski definition) is 2. The molecule has 12 heavy (non-hydrogen) atoms. The van der Waals surface area contributed by atoms with E-state index < -0.39 is 0 Å². The van der Waals surface area contributed by atoms with Crippen molar-refractivity contribution in [2.45, 2.75) is 19.6 Å². The maximum Gasteiger partial charge on any atom is 0.0681 e. The molecule has 0 fully saturated rings. The van der Waals surface area contributed by atoms with E-state index in [1.165, 1.54) is 5.56 Å². The van der Waals surface area contributed by atoms with Crippen LogP contribution in [0.2, 0.25) is 0 Å². The molecule has 1 aromatic carbocycles. The van der Waals surface area contributed by atoms with Crippen LogP contribution in [0.4, 0.5) is 0 Å². The molecule has 0 spiro atoms. The van der Waals surface area contributed by atoms with Crippen molar-refractivity contribution >= 4 is 0 Å². The van der Waals surface area contributed by atoms with E-state index in [4.69, 9.17) is 5.11 Å². The Bertz CT molecular complexity index is 230. The van der Waals surface area contributed by atoms with Crippen LogP contribution in [0.1, 0.15) is 24.1 Å². The Balaban J connectivity index is 2.77. The van der Waals surface area contributed by atoms with Crippen LogP contribution in [0.15, 0.2) is 24.3 Å². The van der Waals surface area contributed by atoms with Crippen molar-refractivity contribution < 1.29 is 5.11 Å². The largest absolute Gasteiger partial charge is 0.392 e. The number of nitrogens with one attached hydrogen (secondary N) is 1. The molecular formula is C10H15NO. The van der Waals surface area contributed by atoms with Crippen LogP contribution in [-0.2, 0) is 6.61 Å². The van der Waals surface area contributed by atoms with Gasteiger partial charge in [0.1, 0.15) is 0 Å². The lowest BCUT2D eigenvalue weighted by molar-refractivity contribution is 0.282. The molecule has 0 aliphatic rings. The highest BCUT2D eigenvalue weighted by molar-refractivity contribution is 5.24. The average molecular weight is 165 g/mol. The summed E-state index contributed by atoms with van der Waals surface area (Å²) < 4.78 is 0. The number of aliphatic hydroxyl groups excluding tert-OH is 1. The molecule has 0 saturated carbocycles. The van der Waals surface area contributed by atoms with Crippen molar-refractivity contribution in [2.75, 3.05) is 7.05 Å². The lowest BCUT2D eigenvalue weighted by Gasteiger charge is -2.10. The van der Waals surface area contributed by atoms with Gasteiger partial charge in [0, 0.05) is 6.04 Å². The second-order valence-electron chi connectivity index (χ2n) is 2.91. The van der Waals surface area contributed by atoms with Gasteiger partial charge >= 0.3 is 0 Å². The van der Waals surface area contributed by atoms with Crippen LogP contribution in [0.25, 0.3) is 0 Å². The molecule has 0 bridgehead atoms. The van der Waals surface area contributed by atoms with Gasteiger partial charge in [-0.3, -0.25) is 0 Å². The molecule has 2 heteroatoms. The lowest BCUT2D eigenvalue weighted by atomic mass is 10.1. The van der Waals surface area contributed by atoms with Crippen LogP contribution in [0.5, 0.6) is 0 Å². The van der Waals surface area contributed by atoms with Gasteiger partial charge in [-0.25, -0.2) is 0 Å². The molecule has 1 rings (SSSR count). The van der Waals surface area contributed by atoms with Crippen molar-refractivity contribution in [2.24, 2.45) is 0 Å². The summed E-state index contributed by atoms with van der Waals surface area (Å²) in [4.78, 5) is 0. The molecule has 0 amide bonds.